The van der Waals surface area contributed by atoms with E-state index in [9.17, 15) is 8.42 Å². The van der Waals surface area contributed by atoms with E-state index in [0.717, 1.165) is 17.2 Å². The summed E-state index contributed by atoms with van der Waals surface area (Å²) in [5.74, 6) is 0.942. The van der Waals surface area contributed by atoms with Crippen LogP contribution in [0.4, 0.5) is 0 Å². The second-order valence-corrected chi connectivity index (χ2v) is 6.55. The van der Waals surface area contributed by atoms with Crippen LogP contribution in [0.15, 0.2) is 0 Å². The number of hydrogen-bond donors (Lipinski definition) is 0. The van der Waals surface area contributed by atoms with Crippen LogP contribution in [-0.2, 0) is 8.87 Å². The Morgan fingerprint density at radius 1 is 1.50 bits per heavy atom. The molecule has 2 nitrogen and oxygen atoms in total. The van der Waals surface area contributed by atoms with E-state index in [1.165, 1.54) is 0 Å². The van der Waals surface area contributed by atoms with Gasteiger partial charge in [0.1, 0.15) is 0 Å². The Hall–Kier alpha value is 0.590. The number of alkyl halides is 1. The molecule has 0 rings (SSSR count). The predicted molar refractivity (Wildman–Crippen MR) is 47.3 cm³/mol. The highest BCUT2D eigenvalue weighted by molar-refractivity contribution is 8.72. The van der Waals surface area contributed by atoms with Crippen molar-refractivity contribution >= 4 is 31.3 Å². The van der Waals surface area contributed by atoms with Crippen molar-refractivity contribution in [3.05, 3.63) is 0 Å². The Morgan fingerprint density at radius 2 is 2.10 bits per heavy atom. The molecule has 0 spiro atoms. The van der Waals surface area contributed by atoms with Gasteiger partial charge < -0.3 is 0 Å². The monoisotopic (exact) mass is 202 g/mol. The van der Waals surface area contributed by atoms with E-state index in [4.69, 9.17) is 11.6 Å². The van der Waals surface area contributed by atoms with Gasteiger partial charge in [-0.15, -0.1) is 11.6 Å². The first-order valence-corrected chi connectivity index (χ1v) is 6.74. The van der Waals surface area contributed by atoms with Crippen LogP contribution in [0.1, 0.15) is 13.3 Å². The summed E-state index contributed by atoms with van der Waals surface area (Å²) in [6, 6.07) is 0. The van der Waals surface area contributed by atoms with Crippen LogP contribution in [-0.4, -0.2) is 25.8 Å². The van der Waals surface area contributed by atoms with Gasteiger partial charge in [0, 0.05) is 11.6 Å². The fourth-order valence-corrected chi connectivity index (χ4v) is 3.84. The molecule has 0 unspecified atom stereocenters. The molecule has 0 aliphatic heterocycles. The Bertz CT molecular complexity index is 164. The molecule has 5 heteroatoms. The van der Waals surface area contributed by atoms with Crippen LogP contribution in [0.2, 0.25) is 0 Å². The van der Waals surface area contributed by atoms with Gasteiger partial charge in [0.25, 0.3) is 0 Å². The van der Waals surface area contributed by atoms with Crippen LogP contribution >= 0.6 is 22.4 Å². The standard InChI is InChI=1S/C5H11ClO2S2/c1-2-4-9-10(7,8)5-3-6/h2-5H2,1H3. The maximum Gasteiger partial charge on any atom is 0.202 e. The van der Waals surface area contributed by atoms with Crippen LogP contribution < -0.4 is 0 Å². The van der Waals surface area contributed by atoms with Crippen molar-refractivity contribution in [2.24, 2.45) is 0 Å². The zero-order chi connectivity index (χ0) is 8.04. The largest absolute Gasteiger partial charge is 0.217 e. The molecule has 0 aromatic carbocycles. The Morgan fingerprint density at radius 3 is 2.50 bits per heavy atom. The third kappa shape index (κ3) is 5.38. The summed E-state index contributed by atoms with van der Waals surface area (Å²) in [6.07, 6.45) is 0.881. The normalized spacial score (nSPS) is 11.8. The van der Waals surface area contributed by atoms with Gasteiger partial charge in [-0.25, -0.2) is 8.42 Å². The third-order valence-corrected chi connectivity index (χ3v) is 4.92. The molecule has 0 aromatic rings. The summed E-state index contributed by atoms with van der Waals surface area (Å²) < 4.78 is 21.7. The van der Waals surface area contributed by atoms with Gasteiger partial charge in [-0.2, -0.15) is 0 Å². The second kappa shape index (κ2) is 5.27. The molecular formula is C5H11ClO2S2. The lowest BCUT2D eigenvalue weighted by Gasteiger charge is -1.97. The first-order valence-electron chi connectivity index (χ1n) is 3.05. The molecule has 0 aromatic heterocycles. The number of halogens is 1. The minimum Gasteiger partial charge on any atom is -0.217 e. The van der Waals surface area contributed by atoms with Crippen molar-refractivity contribution in [2.75, 3.05) is 17.4 Å². The molecule has 0 aliphatic carbocycles. The molecule has 0 radical (unpaired) electrons. The highest BCUT2D eigenvalue weighted by Crippen LogP contribution is 2.13. The van der Waals surface area contributed by atoms with Gasteiger partial charge in [-0.3, -0.25) is 0 Å². The summed E-state index contributed by atoms with van der Waals surface area (Å²) in [5.41, 5.74) is 0. The molecule has 0 aliphatic rings. The summed E-state index contributed by atoms with van der Waals surface area (Å²) in [6.45, 7) is 1.95. The summed E-state index contributed by atoms with van der Waals surface area (Å²) >= 11 is 5.27. The third-order valence-electron chi connectivity index (χ3n) is 0.794. The highest BCUT2D eigenvalue weighted by Gasteiger charge is 2.08. The lowest BCUT2D eigenvalue weighted by molar-refractivity contribution is 0.611. The molecule has 0 N–H and O–H groups in total. The highest BCUT2D eigenvalue weighted by atomic mass is 35.5. The Kier molecular flexibility index (Phi) is 5.58. The van der Waals surface area contributed by atoms with Crippen molar-refractivity contribution in [3.63, 3.8) is 0 Å². The minimum absolute atomic E-state index is 0.0826. The average molecular weight is 203 g/mol. The first-order chi connectivity index (χ1) is 4.62. The van der Waals surface area contributed by atoms with E-state index in [1.807, 2.05) is 6.92 Å². The van der Waals surface area contributed by atoms with Crippen LogP contribution in [0.5, 0.6) is 0 Å². The predicted octanol–water partition coefficient (Wildman–Crippen LogP) is 1.70. The van der Waals surface area contributed by atoms with Crippen LogP contribution in [0.3, 0.4) is 0 Å². The van der Waals surface area contributed by atoms with Gasteiger partial charge in [0.05, 0.1) is 5.75 Å². The van der Waals surface area contributed by atoms with Crippen LogP contribution in [0, 0.1) is 0 Å². The van der Waals surface area contributed by atoms with Crippen LogP contribution in [0.25, 0.3) is 0 Å². The fourth-order valence-electron chi connectivity index (χ4n) is 0.364. The van der Waals surface area contributed by atoms with Crippen molar-refractivity contribution in [3.8, 4) is 0 Å². The molecular weight excluding hydrogens is 192 g/mol. The SMILES string of the molecule is CCCSS(=O)(=O)CCCl. The summed E-state index contributed by atoms with van der Waals surface area (Å²) in [5, 5.41) is 0. The van der Waals surface area contributed by atoms with Crippen molar-refractivity contribution in [1.29, 1.82) is 0 Å². The van der Waals surface area contributed by atoms with Gasteiger partial charge in [0.2, 0.25) is 8.87 Å². The maximum absolute atomic E-state index is 10.9. The molecule has 0 saturated heterocycles. The molecule has 0 atom stereocenters. The maximum atomic E-state index is 10.9. The van der Waals surface area contributed by atoms with E-state index in [-0.39, 0.29) is 11.6 Å². The van der Waals surface area contributed by atoms with Gasteiger partial charge in [-0.1, -0.05) is 6.92 Å². The van der Waals surface area contributed by atoms with Gasteiger partial charge in [-0.05, 0) is 17.2 Å². The number of rotatable bonds is 5. The molecule has 0 bridgehead atoms. The quantitative estimate of drug-likeness (QED) is 0.503. The lowest BCUT2D eigenvalue weighted by atomic mass is 10.6. The molecule has 62 valence electrons. The van der Waals surface area contributed by atoms with Crippen molar-refractivity contribution < 1.29 is 8.42 Å². The summed E-state index contributed by atoms with van der Waals surface area (Å²) in [7, 11) is -1.92. The van der Waals surface area contributed by atoms with E-state index < -0.39 is 8.87 Å². The molecule has 10 heavy (non-hydrogen) atoms. The molecule has 0 amide bonds. The van der Waals surface area contributed by atoms with E-state index in [1.54, 1.807) is 0 Å². The van der Waals surface area contributed by atoms with Gasteiger partial charge in [0.15, 0.2) is 0 Å². The minimum atomic E-state index is -2.91. The molecule has 0 saturated carbocycles. The zero-order valence-electron chi connectivity index (χ0n) is 5.84. The fraction of sp³-hybridized carbons (Fsp3) is 1.00. The topological polar surface area (TPSA) is 34.1 Å². The van der Waals surface area contributed by atoms with Crippen molar-refractivity contribution in [2.45, 2.75) is 13.3 Å². The average Bonchev–Trinajstić information content (AvgIpc) is 1.84. The Balaban J connectivity index is 3.65. The van der Waals surface area contributed by atoms with E-state index in [2.05, 4.69) is 0 Å². The number of hydrogen-bond acceptors (Lipinski definition) is 3. The lowest BCUT2D eigenvalue weighted by Crippen LogP contribution is -2.02. The molecule has 0 heterocycles. The van der Waals surface area contributed by atoms with Crippen molar-refractivity contribution in [1.82, 2.24) is 0 Å². The Labute approximate surface area is 70.7 Å². The summed E-state index contributed by atoms with van der Waals surface area (Å²) in [4.78, 5) is 0. The van der Waals surface area contributed by atoms with E-state index >= 15 is 0 Å². The zero-order valence-corrected chi connectivity index (χ0v) is 8.23. The van der Waals surface area contributed by atoms with E-state index in [0.29, 0.717) is 5.75 Å². The second-order valence-electron chi connectivity index (χ2n) is 1.77. The first kappa shape index (κ1) is 10.6. The smallest absolute Gasteiger partial charge is 0.202 e. The van der Waals surface area contributed by atoms with Gasteiger partial charge >= 0.3 is 0 Å². The molecule has 0 fully saturated rings.